The summed E-state index contributed by atoms with van der Waals surface area (Å²) in [6, 6.07) is 4.97. The van der Waals surface area contributed by atoms with Crippen LogP contribution in [0, 0.1) is 3.57 Å². The van der Waals surface area contributed by atoms with Crippen LogP contribution in [0.15, 0.2) is 18.2 Å². The standard InChI is InChI=1S/C10H11I2NO2/c11-4-1-5-13-10(15)8-6-7(12)2-3-9(8)14/h2-3,6,14H,1,4-5H2,(H,13,15). The van der Waals surface area contributed by atoms with Crippen LogP contribution in [0.1, 0.15) is 16.8 Å². The van der Waals surface area contributed by atoms with Crippen LogP contribution in [-0.4, -0.2) is 22.0 Å². The van der Waals surface area contributed by atoms with E-state index in [-0.39, 0.29) is 11.7 Å². The molecule has 0 aliphatic rings. The summed E-state index contributed by atoms with van der Waals surface area (Å²) in [6.07, 6.45) is 0.941. The van der Waals surface area contributed by atoms with Crippen molar-refractivity contribution in [3.8, 4) is 5.75 Å². The van der Waals surface area contributed by atoms with Crippen molar-refractivity contribution < 1.29 is 9.90 Å². The summed E-state index contributed by atoms with van der Waals surface area (Å²) in [5.74, 6) is -0.182. The number of rotatable bonds is 4. The Hall–Kier alpha value is -0.0500. The number of hydrogen-bond acceptors (Lipinski definition) is 2. The lowest BCUT2D eigenvalue weighted by Gasteiger charge is -2.06. The SMILES string of the molecule is O=C(NCCCI)c1cc(I)ccc1O. The predicted molar refractivity (Wildman–Crippen MR) is 76.7 cm³/mol. The third-order valence-electron chi connectivity index (χ3n) is 1.80. The lowest BCUT2D eigenvalue weighted by atomic mass is 10.2. The highest BCUT2D eigenvalue weighted by molar-refractivity contribution is 14.1. The van der Waals surface area contributed by atoms with Gasteiger partial charge in [-0.1, -0.05) is 22.6 Å². The average molecular weight is 431 g/mol. The van der Waals surface area contributed by atoms with E-state index in [1.807, 2.05) is 0 Å². The van der Waals surface area contributed by atoms with Gasteiger partial charge in [0.15, 0.2) is 0 Å². The van der Waals surface area contributed by atoms with E-state index in [4.69, 9.17) is 0 Å². The lowest BCUT2D eigenvalue weighted by Crippen LogP contribution is -2.24. The summed E-state index contributed by atoms with van der Waals surface area (Å²) < 4.78 is 1.94. The van der Waals surface area contributed by atoms with Crippen molar-refractivity contribution in [2.45, 2.75) is 6.42 Å². The van der Waals surface area contributed by atoms with Gasteiger partial charge in [0, 0.05) is 14.5 Å². The molecular formula is C10H11I2NO2. The minimum atomic E-state index is -0.212. The molecule has 0 fully saturated rings. The Morgan fingerprint density at radius 3 is 2.87 bits per heavy atom. The Kier molecular flexibility index (Phi) is 5.65. The van der Waals surface area contributed by atoms with Crippen LogP contribution in [0.2, 0.25) is 0 Å². The summed E-state index contributed by atoms with van der Waals surface area (Å²) in [5.41, 5.74) is 0.343. The van der Waals surface area contributed by atoms with Crippen LogP contribution in [0.4, 0.5) is 0 Å². The van der Waals surface area contributed by atoms with Gasteiger partial charge in [0.25, 0.3) is 5.91 Å². The molecular weight excluding hydrogens is 420 g/mol. The number of carbonyl (C=O) groups is 1. The highest BCUT2D eigenvalue weighted by Gasteiger charge is 2.10. The van der Waals surface area contributed by atoms with Crippen LogP contribution in [0.5, 0.6) is 5.75 Å². The van der Waals surface area contributed by atoms with Crippen molar-refractivity contribution >= 4 is 51.1 Å². The minimum absolute atomic E-state index is 0.0300. The first-order valence-electron chi connectivity index (χ1n) is 4.48. The number of phenols is 1. The molecule has 82 valence electrons. The van der Waals surface area contributed by atoms with Crippen LogP contribution in [0.3, 0.4) is 0 Å². The van der Waals surface area contributed by atoms with E-state index in [2.05, 4.69) is 50.5 Å². The molecule has 1 amide bonds. The number of hydrogen-bond donors (Lipinski definition) is 2. The van der Waals surface area contributed by atoms with E-state index in [0.717, 1.165) is 14.4 Å². The van der Waals surface area contributed by atoms with Crippen LogP contribution < -0.4 is 5.32 Å². The van der Waals surface area contributed by atoms with Gasteiger partial charge >= 0.3 is 0 Å². The van der Waals surface area contributed by atoms with Crippen molar-refractivity contribution in [1.29, 1.82) is 0 Å². The van der Waals surface area contributed by atoms with Crippen molar-refractivity contribution in [2.24, 2.45) is 0 Å². The third kappa shape index (κ3) is 4.13. The Bertz CT molecular complexity index is 355. The fourth-order valence-electron chi connectivity index (χ4n) is 1.05. The van der Waals surface area contributed by atoms with E-state index in [0.29, 0.717) is 12.1 Å². The molecule has 0 atom stereocenters. The quantitative estimate of drug-likeness (QED) is 0.438. The van der Waals surface area contributed by atoms with Crippen molar-refractivity contribution in [3.63, 3.8) is 0 Å². The van der Waals surface area contributed by atoms with E-state index in [1.54, 1.807) is 12.1 Å². The number of benzene rings is 1. The summed E-state index contributed by atoms with van der Waals surface area (Å²) in [4.78, 5) is 11.6. The molecule has 0 saturated carbocycles. The van der Waals surface area contributed by atoms with Gasteiger partial charge < -0.3 is 10.4 Å². The second kappa shape index (κ2) is 6.51. The zero-order valence-corrected chi connectivity index (χ0v) is 12.3. The summed E-state index contributed by atoms with van der Waals surface area (Å²) in [5, 5.41) is 12.3. The molecule has 15 heavy (non-hydrogen) atoms. The topological polar surface area (TPSA) is 49.3 Å². The molecule has 5 heteroatoms. The Morgan fingerprint density at radius 2 is 2.20 bits per heavy atom. The molecule has 3 nitrogen and oxygen atoms in total. The van der Waals surface area contributed by atoms with Crippen molar-refractivity contribution in [1.82, 2.24) is 5.32 Å². The van der Waals surface area contributed by atoms with Gasteiger partial charge in [-0.25, -0.2) is 0 Å². The molecule has 2 N–H and O–H groups in total. The molecule has 0 heterocycles. The first-order chi connectivity index (χ1) is 7.15. The van der Waals surface area contributed by atoms with Gasteiger partial charge in [-0.3, -0.25) is 4.79 Å². The molecule has 1 aromatic rings. The van der Waals surface area contributed by atoms with Gasteiger partial charge in [0.2, 0.25) is 0 Å². The number of nitrogens with one attached hydrogen (secondary N) is 1. The molecule has 0 aromatic heterocycles. The lowest BCUT2D eigenvalue weighted by molar-refractivity contribution is 0.0951. The number of amides is 1. The van der Waals surface area contributed by atoms with E-state index in [1.165, 1.54) is 6.07 Å². The minimum Gasteiger partial charge on any atom is -0.507 e. The van der Waals surface area contributed by atoms with Gasteiger partial charge in [-0.05, 0) is 47.2 Å². The van der Waals surface area contributed by atoms with E-state index < -0.39 is 0 Å². The van der Waals surface area contributed by atoms with E-state index >= 15 is 0 Å². The molecule has 0 spiro atoms. The Labute approximate surface area is 116 Å². The zero-order chi connectivity index (χ0) is 11.3. The number of alkyl halides is 1. The van der Waals surface area contributed by atoms with Crippen LogP contribution in [0.25, 0.3) is 0 Å². The highest BCUT2D eigenvalue weighted by atomic mass is 127. The van der Waals surface area contributed by atoms with E-state index in [9.17, 15) is 9.90 Å². The van der Waals surface area contributed by atoms with Crippen molar-refractivity contribution in [2.75, 3.05) is 11.0 Å². The van der Waals surface area contributed by atoms with Crippen LogP contribution >= 0.6 is 45.2 Å². The fraction of sp³-hybridized carbons (Fsp3) is 0.300. The zero-order valence-electron chi connectivity index (χ0n) is 7.96. The number of halogens is 2. The summed E-state index contributed by atoms with van der Waals surface area (Å²) in [6.45, 7) is 0.646. The van der Waals surface area contributed by atoms with Gasteiger partial charge in [-0.15, -0.1) is 0 Å². The summed E-state index contributed by atoms with van der Waals surface area (Å²) >= 11 is 4.37. The second-order valence-electron chi connectivity index (χ2n) is 2.96. The molecule has 0 radical (unpaired) electrons. The Morgan fingerprint density at radius 1 is 1.47 bits per heavy atom. The normalized spacial score (nSPS) is 10.0. The molecule has 0 unspecified atom stereocenters. The maximum Gasteiger partial charge on any atom is 0.255 e. The highest BCUT2D eigenvalue weighted by Crippen LogP contribution is 2.19. The molecule has 0 aliphatic carbocycles. The molecule has 1 rings (SSSR count). The fourth-order valence-corrected chi connectivity index (χ4v) is 1.93. The monoisotopic (exact) mass is 431 g/mol. The van der Waals surface area contributed by atoms with Gasteiger partial charge in [0.05, 0.1) is 5.56 Å². The number of carbonyl (C=O) groups excluding carboxylic acids is 1. The largest absolute Gasteiger partial charge is 0.507 e. The molecule has 1 aromatic carbocycles. The average Bonchev–Trinajstić information content (AvgIpc) is 2.22. The third-order valence-corrected chi connectivity index (χ3v) is 3.23. The predicted octanol–water partition coefficient (Wildman–Crippen LogP) is 2.55. The second-order valence-corrected chi connectivity index (χ2v) is 5.28. The number of phenolic OH excluding ortho intramolecular Hbond substituents is 1. The maximum atomic E-state index is 11.6. The number of aromatic hydroxyl groups is 1. The molecule has 0 saturated heterocycles. The smallest absolute Gasteiger partial charge is 0.255 e. The van der Waals surface area contributed by atoms with Crippen LogP contribution in [-0.2, 0) is 0 Å². The Balaban J connectivity index is 2.68. The first kappa shape index (κ1) is 13.0. The molecule has 0 aliphatic heterocycles. The maximum absolute atomic E-state index is 11.6. The van der Waals surface area contributed by atoms with Gasteiger partial charge in [-0.2, -0.15) is 0 Å². The summed E-state index contributed by atoms with van der Waals surface area (Å²) in [7, 11) is 0. The molecule has 0 bridgehead atoms. The first-order valence-corrected chi connectivity index (χ1v) is 7.08. The van der Waals surface area contributed by atoms with Crippen molar-refractivity contribution in [3.05, 3.63) is 27.3 Å². The van der Waals surface area contributed by atoms with Gasteiger partial charge in [0.1, 0.15) is 5.75 Å².